The molecule has 0 aliphatic rings. The Morgan fingerprint density at radius 1 is 0.696 bits per heavy atom. The van der Waals surface area contributed by atoms with E-state index in [0.29, 0.717) is 8.64 Å². The van der Waals surface area contributed by atoms with Crippen LogP contribution in [0.4, 0.5) is 0 Å². The van der Waals surface area contributed by atoms with Crippen LogP contribution in [0.25, 0.3) is 0 Å². The molecule has 0 aliphatic carbocycles. The van der Waals surface area contributed by atoms with E-state index in [-0.39, 0.29) is 28.1 Å². The first-order chi connectivity index (χ1) is 9.75. The number of hydrogen-bond donors (Lipinski definition) is 6. The summed E-state index contributed by atoms with van der Waals surface area (Å²) >= 11 is 32.2. The zero-order valence-corrected chi connectivity index (χ0v) is 23.4. The molecule has 0 amide bonds. The maximum Gasteiger partial charge on any atom is 0.132 e. The van der Waals surface area contributed by atoms with E-state index in [9.17, 15) is 0 Å². The predicted octanol–water partition coefficient (Wildman–Crippen LogP) is 2.64. The SMILES string of the molecule is C=C.CN(C)C(=S)S.CN(C)C(=S)S.NC(=S)S.NC(=S)S.[Zn]. The van der Waals surface area contributed by atoms with Gasteiger partial charge in [-0.2, -0.15) is 0 Å². The van der Waals surface area contributed by atoms with Crippen LogP contribution in [0.2, 0.25) is 0 Å². The third-order valence-electron chi connectivity index (χ3n) is 0.765. The molecule has 0 bridgehead atoms. The smallest absolute Gasteiger partial charge is 0.132 e. The Morgan fingerprint density at radius 2 is 0.739 bits per heavy atom. The molecular formula is C10H24N4S8Zn. The minimum atomic E-state index is 0. The number of thiol groups is 4. The van der Waals surface area contributed by atoms with Crippen molar-refractivity contribution < 1.29 is 19.5 Å². The van der Waals surface area contributed by atoms with Gasteiger partial charge < -0.3 is 21.3 Å². The molecule has 0 heterocycles. The Bertz CT molecular complexity index is 288. The van der Waals surface area contributed by atoms with E-state index in [1.54, 1.807) is 9.80 Å². The van der Waals surface area contributed by atoms with Gasteiger partial charge in [-0.1, -0.05) is 48.9 Å². The third kappa shape index (κ3) is 122. The first kappa shape index (κ1) is 39.4. The van der Waals surface area contributed by atoms with Crippen molar-refractivity contribution in [2.24, 2.45) is 11.5 Å². The maximum absolute atomic E-state index is 4.71. The number of nitrogens with zero attached hydrogens (tertiary/aromatic N) is 2. The first-order valence-corrected chi connectivity index (χ1v) is 8.45. The topological polar surface area (TPSA) is 58.5 Å². The van der Waals surface area contributed by atoms with Gasteiger partial charge in [0, 0.05) is 47.7 Å². The Balaban J connectivity index is -0.0000000404. The van der Waals surface area contributed by atoms with E-state index < -0.39 is 0 Å². The van der Waals surface area contributed by atoms with Gasteiger partial charge in [0.1, 0.15) is 17.3 Å². The summed E-state index contributed by atoms with van der Waals surface area (Å²) in [7, 11) is 7.43. The summed E-state index contributed by atoms with van der Waals surface area (Å²) in [6, 6.07) is 0. The van der Waals surface area contributed by atoms with Crippen molar-refractivity contribution in [3.63, 3.8) is 0 Å². The average Bonchev–Trinajstić information content (AvgIpc) is 2.30. The van der Waals surface area contributed by atoms with E-state index >= 15 is 0 Å². The van der Waals surface area contributed by atoms with Gasteiger partial charge in [-0.25, -0.2) is 0 Å². The van der Waals surface area contributed by atoms with Crippen molar-refractivity contribution in [3.8, 4) is 0 Å². The molecule has 0 saturated heterocycles. The Labute approximate surface area is 196 Å². The minimum absolute atomic E-state index is 0. The van der Waals surface area contributed by atoms with Gasteiger partial charge in [-0.15, -0.1) is 63.7 Å². The molecule has 4 N–H and O–H groups in total. The van der Waals surface area contributed by atoms with Gasteiger partial charge in [0.2, 0.25) is 0 Å². The molecular weight excluding hydrogens is 498 g/mol. The molecule has 0 aromatic rings. The van der Waals surface area contributed by atoms with E-state index in [2.05, 4.69) is 113 Å². The molecule has 0 aromatic carbocycles. The number of thiocarbonyl (C=S) groups is 4. The summed E-state index contributed by atoms with van der Waals surface area (Å²) in [6.07, 6.45) is 0. The van der Waals surface area contributed by atoms with Gasteiger partial charge in [0.25, 0.3) is 0 Å². The first-order valence-electron chi connectivity index (χ1n) is 5.02. The van der Waals surface area contributed by atoms with Crippen molar-refractivity contribution in [1.82, 2.24) is 9.80 Å². The van der Waals surface area contributed by atoms with Crippen LogP contribution in [0, 0.1) is 0 Å². The summed E-state index contributed by atoms with van der Waals surface area (Å²) in [5.41, 5.74) is 9.41. The molecule has 0 rings (SSSR count). The van der Waals surface area contributed by atoms with Crippen molar-refractivity contribution >= 4 is 117 Å². The third-order valence-corrected chi connectivity index (χ3v) is 2.30. The largest absolute Gasteiger partial charge is 0.385 e. The van der Waals surface area contributed by atoms with E-state index in [1.165, 1.54) is 0 Å². The van der Waals surface area contributed by atoms with Crippen molar-refractivity contribution in [3.05, 3.63) is 13.2 Å². The summed E-state index contributed by atoms with van der Waals surface area (Å²) in [5, 5.41) is 0. The van der Waals surface area contributed by atoms with Crippen LogP contribution < -0.4 is 11.5 Å². The second-order valence-corrected chi connectivity index (χ2v) is 7.70. The van der Waals surface area contributed by atoms with Gasteiger partial charge >= 0.3 is 0 Å². The fourth-order valence-corrected chi connectivity index (χ4v) is 0. The van der Waals surface area contributed by atoms with Crippen LogP contribution in [0.1, 0.15) is 0 Å². The predicted molar refractivity (Wildman–Crippen MR) is 133 cm³/mol. The summed E-state index contributed by atoms with van der Waals surface area (Å²) in [6.45, 7) is 6.00. The molecule has 0 spiro atoms. The Morgan fingerprint density at radius 3 is 0.739 bits per heavy atom. The van der Waals surface area contributed by atoms with Crippen LogP contribution >= 0.6 is 99.4 Å². The van der Waals surface area contributed by atoms with Crippen LogP contribution in [0.5, 0.6) is 0 Å². The number of rotatable bonds is 0. The normalized spacial score (nSPS) is 6.43. The zero-order valence-electron chi connectivity index (χ0n) is 13.6. The second-order valence-electron chi connectivity index (χ2n) is 3.03. The molecule has 0 unspecified atom stereocenters. The average molecular weight is 522 g/mol. The van der Waals surface area contributed by atoms with Gasteiger partial charge in [-0.05, 0) is 0 Å². The Hall–Kier alpha value is 1.32. The molecule has 0 aliphatic heterocycles. The van der Waals surface area contributed by atoms with Crippen LogP contribution in [-0.4, -0.2) is 55.3 Å². The maximum atomic E-state index is 4.71. The summed E-state index contributed by atoms with van der Waals surface area (Å²) < 4.78 is 1.63. The molecule has 0 saturated carbocycles. The van der Waals surface area contributed by atoms with Crippen molar-refractivity contribution in [2.45, 2.75) is 0 Å². The van der Waals surface area contributed by atoms with Gasteiger partial charge in [0.15, 0.2) is 0 Å². The van der Waals surface area contributed by atoms with Gasteiger partial charge in [-0.3, -0.25) is 0 Å². The van der Waals surface area contributed by atoms with Gasteiger partial charge in [0.05, 0.1) is 0 Å². The van der Waals surface area contributed by atoms with Crippen LogP contribution in [0.3, 0.4) is 0 Å². The van der Waals surface area contributed by atoms with Crippen molar-refractivity contribution in [1.29, 1.82) is 0 Å². The standard InChI is InChI=1S/2C3H7NS2.C2H4.2CH3NS2.Zn/c2*1-4(2)3(5)6;1-2;2*2-1(3)4;/h2*1-2H3,(H,5,6);1-2H2;2*(H3,2,3,4);. The molecule has 23 heavy (non-hydrogen) atoms. The van der Waals surface area contributed by atoms with E-state index in [0.717, 1.165) is 0 Å². The van der Waals surface area contributed by atoms with E-state index in [4.69, 9.17) is 11.5 Å². The molecule has 0 aromatic heterocycles. The molecule has 4 nitrogen and oxygen atoms in total. The van der Waals surface area contributed by atoms with Crippen LogP contribution in [-0.2, 0) is 19.5 Å². The summed E-state index contributed by atoms with van der Waals surface area (Å²) in [4.78, 5) is 3.52. The number of nitrogens with two attached hydrogens (primary N) is 2. The second kappa shape index (κ2) is 31.1. The molecule has 0 radical (unpaired) electrons. The Kier molecular flexibility index (Phi) is 53.3. The molecule has 0 fully saturated rings. The summed E-state index contributed by atoms with van der Waals surface area (Å²) in [5.74, 6) is 0. The zero-order chi connectivity index (χ0) is 19.5. The van der Waals surface area contributed by atoms with Crippen molar-refractivity contribution in [2.75, 3.05) is 28.2 Å². The quantitative estimate of drug-likeness (QED) is 0.126. The fourth-order valence-electron chi connectivity index (χ4n) is 0. The van der Waals surface area contributed by atoms with E-state index in [1.807, 2.05) is 28.2 Å². The molecule has 13 heteroatoms. The monoisotopic (exact) mass is 520 g/mol. The number of hydrogen-bond acceptors (Lipinski definition) is 4. The minimum Gasteiger partial charge on any atom is -0.385 e. The molecule has 0 atom stereocenters. The van der Waals surface area contributed by atoms with Crippen LogP contribution in [0.15, 0.2) is 13.2 Å². The fraction of sp³-hybridized carbons (Fsp3) is 0.400. The molecule has 134 valence electrons.